The Kier molecular flexibility index (Phi) is 4.24. The first-order valence-corrected chi connectivity index (χ1v) is 7.18. The summed E-state index contributed by atoms with van der Waals surface area (Å²) in [5.74, 6) is 1.13. The molecule has 1 aliphatic rings. The Morgan fingerprint density at radius 1 is 1.50 bits per heavy atom. The van der Waals surface area contributed by atoms with E-state index < -0.39 is 0 Å². The standard InChI is InChI=1S/C12H16ClNOS/c13-7-9-3-1-2-4-11(9)14-12(15)10-5-6-16-8-10/h5-6,8-9,11H,1-4,7H2,(H,14,15). The molecule has 2 nitrogen and oxygen atoms in total. The van der Waals surface area contributed by atoms with Crippen LogP contribution in [0.5, 0.6) is 0 Å². The number of halogens is 1. The number of nitrogens with one attached hydrogen (secondary N) is 1. The van der Waals surface area contributed by atoms with Gasteiger partial charge in [0.05, 0.1) is 0 Å². The molecule has 0 saturated heterocycles. The second-order valence-electron chi connectivity index (χ2n) is 4.29. The van der Waals surface area contributed by atoms with Crippen LogP contribution in [0.4, 0.5) is 0 Å². The average molecular weight is 258 g/mol. The summed E-state index contributed by atoms with van der Waals surface area (Å²) in [6, 6.07) is 2.12. The van der Waals surface area contributed by atoms with Crippen molar-refractivity contribution in [2.45, 2.75) is 31.7 Å². The van der Waals surface area contributed by atoms with Crippen molar-refractivity contribution in [3.05, 3.63) is 22.4 Å². The zero-order valence-electron chi connectivity index (χ0n) is 9.12. The van der Waals surface area contributed by atoms with E-state index in [-0.39, 0.29) is 11.9 Å². The second kappa shape index (κ2) is 5.69. The van der Waals surface area contributed by atoms with E-state index in [0.717, 1.165) is 18.4 Å². The van der Waals surface area contributed by atoms with Gasteiger partial charge in [0.2, 0.25) is 0 Å². The van der Waals surface area contributed by atoms with E-state index in [1.54, 1.807) is 11.3 Å². The first-order chi connectivity index (χ1) is 7.81. The lowest BCUT2D eigenvalue weighted by atomic mass is 9.85. The van der Waals surface area contributed by atoms with Gasteiger partial charge >= 0.3 is 0 Å². The van der Waals surface area contributed by atoms with Crippen molar-refractivity contribution in [3.8, 4) is 0 Å². The quantitative estimate of drug-likeness (QED) is 0.828. The molecule has 0 aromatic carbocycles. The average Bonchev–Trinajstić information content (AvgIpc) is 2.83. The lowest BCUT2D eigenvalue weighted by molar-refractivity contribution is 0.0911. The van der Waals surface area contributed by atoms with Crippen LogP contribution in [0.25, 0.3) is 0 Å². The molecule has 16 heavy (non-hydrogen) atoms. The summed E-state index contributed by atoms with van der Waals surface area (Å²) >= 11 is 7.48. The van der Waals surface area contributed by atoms with E-state index in [1.165, 1.54) is 12.8 Å². The van der Waals surface area contributed by atoms with Crippen LogP contribution in [-0.2, 0) is 0 Å². The van der Waals surface area contributed by atoms with Gasteiger partial charge in [0.25, 0.3) is 5.91 Å². The summed E-state index contributed by atoms with van der Waals surface area (Å²) in [6.45, 7) is 0. The van der Waals surface area contributed by atoms with Gasteiger partial charge in [-0.25, -0.2) is 0 Å². The Hall–Kier alpha value is -0.540. The molecule has 1 aliphatic carbocycles. The summed E-state index contributed by atoms with van der Waals surface area (Å²) in [5.41, 5.74) is 0.767. The Bertz CT molecular complexity index is 339. The van der Waals surface area contributed by atoms with E-state index in [0.29, 0.717) is 11.8 Å². The number of carbonyl (C=O) groups is 1. The third kappa shape index (κ3) is 2.77. The zero-order chi connectivity index (χ0) is 11.4. The lowest BCUT2D eigenvalue weighted by Crippen LogP contribution is -2.42. The van der Waals surface area contributed by atoms with E-state index in [9.17, 15) is 4.79 Å². The second-order valence-corrected chi connectivity index (χ2v) is 5.38. The number of rotatable bonds is 3. The molecule has 1 amide bonds. The van der Waals surface area contributed by atoms with Crippen LogP contribution in [0.2, 0.25) is 0 Å². The van der Waals surface area contributed by atoms with Crippen LogP contribution in [0.3, 0.4) is 0 Å². The highest BCUT2D eigenvalue weighted by atomic mass is 35.5. The van der Waals surface area contributed by atoms with E-state index in [4.69, 9.17) is 11.6 Å². The minimum atomic E-state index is 0.0447. The number of alkyl halides is 1. The van der Waals surface area contributed by atoms with Gasteiger partial charge in [-0.2, -0.15) is 11.3 Å². The molecule has 0 bridgehead atoms. The maximum atomic E-state index is 11.9. The molecule has 0 aliphatic heterocycles. The SMILES string of the molecule is O=C(NC1CCCCC1CCl)c1ccsc1. The largest absolute Gasteiger partial charge is 0.349 e. The molecule has 1 fully saturated rings. The normalized spacial score (nSPS) is 25.3. The predicted octanol–water partition coefficient (Wildman–Crippen LogP) is 3.28. The van der Waals surface area contributed by atoms with Gasteiger partial charge in [0, 0.05) is 22.9 Å². The fourth-order valence-corrected chi connectivity index (χ4v) is 3.23. The Morgan fingerprint density at radius 3 is 3.00 bits per heavy atom. The molecule has 1 aromatic rings. The Morgan fingerprint density at radius 2 is 2.31 bits per heavy atom. The van der Waals surface area contributed by atoms with Crippen molar-refractivity contribution in [1.29, 1.82) is 0 Å². The van der Waals surface area contributed by atoms with Gasteiger partial charge in [-0.3, -0.25) is 4.79 Å². The van der Waals surface area contributed by atoms with Gasteiger partial charge in [0.1, 0.15) is 0 Å². The number of thiophene rings is 1. The molecule has 1 N–H and O–H groups in total. The highest BCUT2D eigenvalue weighted by molar-refractivity contribution is 7.08. The summed E-state index contributed by atoms with van der Waals surface area (Å²) in [7, 11) is 0. The fourth-order valence-electron chi connectivity index (χ4n) is 2.23. The third-order valence-corrected chi connectivity index (χ3v) is 4.29. The number of hydrogen-bond acceptors (Lipinski definition) is 2. The number of carbonyl (C=O) groups excluding carboxylic acids is 1. The molecular weight excluding hydrogens is 242 g/mol. The topological polar surface area (TPSA) is 29.1 Å². The van der Waals surface area contributed by atoms with Crippen LogP contribution < -0.4 is 5.32 Å². The van der Waals surface area contributed by atoms with Crippen molar-refractivity contribution < 1.29 is 4.79 Å². The molecule has 2 rings (SSSR count). The third-order valence-electron chi connectivity index (χ3n) is 3.21. The monoisotopic (exact) mass is 257 g/mol. The molecule has 1 saturated carbocycles. The lowest BCUT2D eigenvalue weighted by Gasteiger charge is -2.30. The first kappa shape index (κ1) is 11.9. The van der Waals surface area contributed by atoms with Gasteiger partial charge in [-0.15, -0.1) is 11.6 Å². The highest BCUT2D eigenvalue weighted by Crippen LogP contribution is 2.25. The molecule has 0 radical (unpaired) electrons. The molecule has 2 atom stereocenters. The summed E-state index contributed by atoms with van der Waals surface area (Å²) < 4.78 is 0. The Balaban J connectivity index is 1.95. The van der Waals surface area contributed by atoms with Crippen molar-refractivity contribution in [2.24, 2.45) is 5.92 Å². The van der Waals surface area contributed by atoms with Crippen molar-refractivity contribution >= 4 is 28.8 Å². The maximum Gasteiger partial charge on any atom is 0.252 e. The summed E-state index contributed by atoms with van der Waals surface area (Å²) in [4.78, 5) is 11.9. The molecule has 1 heterocycles. The van der Waals surface area contributed by atoms with Crippen molar-refractivity contribution in [1.82, 2.24) is 5.32 Å². The molecular formula is C12H16ClNOS. The predicted molar refractivity (Wildman–Crippen MR) is 68.3 cm³/mol. The first-order valence-electron chi connectivity index (χ1n) is 5.70. The van der Waals surface area contributed by atoms with Crippen LogP contribution in [0.15, 0.2) is 16.8 Å². The molecule has 1 aromatic heterocycles. The smallest absolute Gasteiger partial charge is 0.252 e. The minimum absolute atomic E-state index is 0.0447. The number of hydrogen-bond donors (Lipinski definition) is 1. The van der Waals surface area contributed by atoms with Gasteiger partial charge in [0.15, 0.2) is 0 Å². The van der Waals surface area contributed by atoms with E-state index in [1.807, 2.05) is 16.8 Å². The molecule has 4 heteroatoms. The van der Waals surface area contributed by atoms with Crippen molar-refractivity contribution in [2.75, 3.05) is 5.88 Å². The van der Waals surface area contributed by atoms with E-state index in [2.05, 4.69) is 5.32 Å². The van der Waals surface area contributed by atoms with Crippen LogP contribution in [0.1, 0.15) is 36.0 Å². The van der Waals surface area contributed by atoms with Crippen molar-refractivity contribution in [3.63, 3.8) is 0 Å². The van der Waals surface area contributed by atoms with Crippen LogP contribution in [-0.4, -0.2) is 17.8 Å². The Labute approximate surface area is 105 Å². The highest BCUT2D eigenvalue weighted by Gasteiger charge is 2.25. The maximum absolute atomic E-state index is 11.9. The molecule has 0 spiro atoms. The van der Waals surface area contributed by atoms with E-state index >= 15 is 0 Å². The number of amides is 1. The van der Waals surface area contributed by atoms with Crippen LogP contribution >= 0.6 is 22.9 Å². The van der Waals surface area contributed by atoms with Gasteiger partial charge in [-0.1, -0.05) is 12.8 Å². The summed E-state index contributed by atoms with van der Waals surface area (Å²) in [6.07, 6.45) is 4.63. The van der Waals surface area contributed by atoms with Crippen LogP contribution in [0, 0.1) is 5.92 Å². The molecule has 2 unspecified atom stereocenters. The zero-order valence-corrected chi connectivity index (χ0v) is 10.7. The molecule has 88 valence electrons. The summed E-state index contributed by atoms with van der Waals surface area (Å²) in [5, 5.41) is 6.91. The van der Waals surface area contributed by atoms with Gasteiger partial charge in [-0.05, 0) is 30.2 Å². The van der Waals surface area contributed by atoms with Gasteiger partial charge < -0.3 is 5.32 Å². The minimum Gasteiger partial charge on any atom is -0.349 e. The fraction of sp³-hybridized carbons (Fsp3) is 0.583.